The molecule has 0 fully saturated rings. The van der Waals surface area contributed by atoms with E-state index in [1.54, 1.807) is 30.9 Å². The van der Waals surface area contributed by atoms with E-state index in [-0.39, 0.29) is 0 Å². The predicted molar refractivity (Wildman–Crippen MR) is 93.1 cm³/mol. The molecule has 5 heteroatoms. The van der Waals surface area contributed by atoms with Crippen LogP contribution in [0.5, 0.6) is 11.5 Å². The molecule has 2 aromatic carbocycles. The van der Waals surface area contributed by atoms with Gasteiger partial charge in [0.15, 0.2) is 5.17 Å². The molecule has 0 aliphatic heterocycles. The Morgan fingerprint density at radius 2 is 1.67 bits per heavy atom. The topological polar surface area (TPSA) is 33.6 Å². The van der Waals surface area contributed by atoms with E-state index in [2.05, 4.69) is 17.2 Å². The second-order valence-corrected chi connectivity index (χ2v) is 5.86. The molecule has 0 radical (unpaired) electrons. The maximum Gasteiger partial charge on any atom is 0.160 e. The quantitative estimate of drug-likeness (QED) is 0.614. The van der Waals surface area contributed by atoms with E-state index in [1.165, 1.54) is 0 Å². The molecule has 0 aliphatic carbocycles. The Morgan fingerprint density at radius 1 is 1.10 bits per heavy atom. The number of aliphatic imine (C=N–C) groups is 1. The molecule has 110 valence electrons. The molecule has 0 spiro atoms. The van der Waals surface area contributed by atoms with Gasteiger partial charge in [-0.2, -0.15) is 0 Å². The Labute approximate surface area is 134 Å². The summed E-state index contributed by atoms with van der Waals surface area (Å²) in [6.07, 6.45) is 0. The van der Waals surface area contributed by atoms with E-state index in [0.717, 1.165) is 28.1 Å². The van der Waals surface area contributed by atoms with Gasteiger partial charge < -0.3 is 10.1 Å². The number of hydrogen-bond acceptors (Lipinski definition) is 3. The van der Waals surface area contributed by atoms with Crippen LogP contribution in [-0.2, 0) is 0 Å². The minimum Gasteiger partial charge on any atom is -0.457 e. The zero-order valence-electron chi connectivity index (χ0n) is 12.0. The summed E-state index contributed by atoms with van der Waals surface area (Å²) in [5, 5.41) is 4.87. The predicted octanol–water partition coefficient (Wildman–Crippen LogP) is 5.28. The van der Waals surface area contributed by atoms with Crippen LogP contribution >= 0.6 is 23.4 Å². The van der Waals surface area contributed by atoms with Crippen LogP contribution in [-0.4, -0.2) is 18.0 Å². The number of nitrogens with zero attached hydrogens (tertiary/aromatic N) is 1. The average Bonchev–Trinajstić information content (AvgIpc) is 2.51. The lowest BCUT2D eigenvalue weighted by Crippen LogP contribution is -2.07. The van der Waals surface area contributed by atoms with E-state index in [1.807, 2.05) is 36.4 Å². The van der Waals surface area contributed by atoms with Crippen LogP contribution in [0.25, 0.3) is 0 Å². The molecule has 0 atom stereocenters. The molecule has 3 nitrogen and oxygen atoms in total. The van der Waals surface area contributed by atoms with Crippen molar-refractivity contribution in [2.75, 3.05) is 18.1 Å². The number of halogens is 1. The molecule has 2 rings (SSSR count). The summed E-state index contributed by atoms with van der Waals surface area (Å²) in [5.74, 6) is 2.52. The van der Waals surface area contributed by atoms with E-state index >= 15 is 0 Å². The smallest absolute Gasteiger partial charge is 0.160 e. The fourth-order valence-electron chi connectivity index (χ4n) is 1.66. The normalized spacial score (nSPS) is 11.3. The van der Waals surface area contributed by atoms with E-state index in [4.69, 9.17) is 16.3 Å². The first-order valence-corrected chi connectivity index (χ1v) is 7.97. The lowest BCUT2D eigenvalue weighted by atomic mass is 10.3. The summed E-state index contributed by atoms with van der Waals surface area (Å²) < 4.78 is 5.75. The third-order valence-corrected chi connectivity index (χ3v) is 3.74. The Bertz CT molecular complexity index is 597. The Morgan fingerprint density at radius 3 is 2.19 bits per heavy atom. The number of ether oxygens (including phenoxy) is 1. The number of hydrogen-bond donors (Lipinski definition) is 1. The summed E-state index contributed by atoms with van der Waals surface area (Å²) in [4.78, 5) is 4.20. The van der Waals surface area contributed by atoms with Gasteiger partial charge in [0.2, 0.25) is 0 Å². The molecule has 1 N–H and O–H groups in total. The van der Waals surface area contributed by atoms with Crippen LogP contribution < -0.4 is 10.1 Å². The van der Waals surface area contributed by atoms with Gasteiger partial charge in [0.1, 0.15) is 11.5 Å². The van der Waals surface area contributed by atoms with E-state index in [9.17, 15) is 0 Å². The molecule has 2 aromatic rings. The highest BCUT2D eigenvalue weighted by molar-refractivity contribution is 8.14. The zero-order chi connectivity index (χ0) is 15.1. The summed E-state index contributed by atoms with van der Waals surface area (Å²) in [5.41, 5.74) is 0.986. The highest BCUT2D eigenvalue weighted by Gasteiger charge is 2.01. The summed E-state index contributed by atoms with van der Waals surface area (Å²) in [6, 6.07) is 15.1. The van der Waals surface area contributed by atoms with Gasteiger partial charge in [0.05, 0.1) is 0 Å². The fourth-order valence-corrected chi connectivity index (χ4v) is 2.38. The van der Waals surface area contributed by atoms with Crippen molar-refractivity contribution in [2.45, 2.75) is 6.92 Å². The van der Waals surface area contributed by atoms with Crippen molar-refractivity contribution in [1.29, 1.82) is 0 Å². The van der Waals surface area contributed by atoms with Gasteiger partial charge in [-0.15, -0.1) is 0 Å². The number of rotatable bonds is 4. The Kier molecular flexibility index (Phi) is 5.96. The van der Waals surface area contributed by atoms with Crippen LogP contribution in [0.2, 0.25) is 5.02 Å². The largest absolute Gasteiger partial charge is 0.457 e. The molecule has 0 saturated carbocycles. The molecule has 0 bridgehead atoms. The van der Waals surface area contributed by atoms with E-state index in [0.29, 0.717) is 5.02 Å². The van der Waals surface area contributed by atoms with Crippen molar-refractivity contribution in [2.24, 2.45) is 4.99 Å². The average molecular weight is 321 g/mol. The first-order valence-electron chi connectivity index (χ1n) is 6.61. The standard InChI is InChI=1S/C16H17ClN2OS/c1-3-21-16(18-2)19-13-6-10-15(11-7-13)20-14-8-4-12(17)5-9-14/h4-11H,3H2,1-2H3,(H,18,19). The number of thioether (sulfide) groups is 1. The highest BCUT2D eigenvalue weighted by atomic mass is 35.5. The third-order valence-electron chi connectivity index (χ3n) is 2.64. The van der Waals surface area contributed by atoms with Crippen molar-refractivity contribution in [3.05, 3.63) is 53.6 Å². The second-order valence-electron chi connectivity index (χ2n) is 4.17. The molecule has 0 heterocycles. The van der Waals surface area contributed by atoms with Gasteiger partial charge in [0, 0.05) is 17.8 Å². The lowest BCUT2D eigenvalue weighted by Gasteiger charge is -2.09. The minimum absolute atomic E-state index is 0.696. The Balaban J connectivity index is 2.00. The third kappa shape index (κ3) is 4.99. The number of nitrogens with one attached hydrogen (secondary N) is 1. The van der Waals surface area contributed by atoms with Crippen molar-refractivity contribution in [3.63, 3.8) is 0 Å². The van der Waals surface area contributed by atoms with Crippen molar-refractivity contribution >= 4 is 34.2 Å². The van der Waals surface area contributed by atoms with Crippen LogP contribution in [0.4, 0.5) is 5.69 Å². The molecular formula is C16H17ClN2OS. The summed E-state index contributed by atoms with van der Waals surface area (Å²) in [7, 11) is 1.78. The van der Waals surface area contributed by atoms with Crippen LogP contribution in [0, 0.1) is 0 Å². The number of anilines is 1. The van der Waals surface area contributed by atoms with Crippen molar-refractivity contribution < 1.29 is 4.74 Å². The number of benzene rings is 2. The maximum atomic E-state index is 5.85. The maximum absolute atomic E-state index is 5.85. The highest BCUT2D eigenvalue weighted by Crippen LogP contribution is 2.24. The summed E-state index contributed by atoms with van der Waals surface area (Å²) in [6.45, 7) is 2.10. The SMILES string of the molecule is CCSC(=NC)Nc1ccc(Oc2ccc(Cl)cc2)cc1. The van der Waals surface area contributed by atoms with Gasteiger partial charge in [-0.25, -0.2) is 0 Å². The van der Waals surface area contributed by atoms with Gasteiger partial charge in [-0.3, -0.25) is 4.99 Å². The van der Waals surface area contributed by atoms with Crippen molar-refractivity contribution in [3.8, 4) is 11.5 Å². The monoisotopic (exact) mass is 320 g/mol. The van der Waals surface area contributed by atoms with Gasteiger partial charge >= 0.3 is 0 Å². The van der Waals surface area contributed by atoms with Crippen molar-refractivity contribution in [1.82, 2.24) is 0 Å². The van der Waals surface area contributed by atoms with Crippen LogP contribution in [0.1, 0.15) is 6.92 Å². The Hall–Kier alpha value is -1.65. The molecular weight excluding hydrogens is 304 g/mol. The van der Waals surface area contributed by atoms with Crippen LogP contribution in [0.15, 0.2) is 53.5 Å². The first kappa shape index (κ1) is 15.7. The summed E-state index contributed by atoms with van der Waals surface area (Å²) >= 11 is 7.52. The molecule has 0 aliphatic rings. The molecule has 0 saturated heterocycles. The molecule has 0 amide bonds. The van der Waals surface area contributed by atoms with E-state index < -0.39 is 0 Å². The molecule has 0 aromatic heterocycles. The van der Waals surface area contributed by atoms with Gasteiger partial charge in [-0.1, -0.05) is 30.3 Å². The number of amidine groups is 1. The van der Waals surface area contributed by atoms with Gasteiger partial charge in [-0.05, 0) is 54.3 Å². The zero-order valence-corrected chi connectivity index (χ0v) is 13.5. The molecule has 21 heavy (non-hydrogen) atoms. The van der Waals surface area contributed by atoms with Gasteiger partial charge in [0.25, 0.3) is 0 Å². The second kappa shape index (κ2) is 7.96. The first-order chi connectivity index (χ1) is 10.2. The van der Waals surface area contributed by atoms with Crippen LogP contribution in [0.3, 0.4) is 0 Å². The lowest BCUT2D eigenvalue weighted by molar-refractivity contribution is 0.483. The minimum atomic E-state index is 0.696. The fraction of sp³-hybridized carbons (Fsp3) is 0.188. The molecule has 0 unspecified atom stereocenters.